The molecular weight excluding hydrogens is 574 g/mol. The van der Waals surface area contributed by atoms with Crippen LogP contribution in [0.15, 0.2) is 95.5 Å². The molecule has 230 valence electrons. The lowest BCUT2D eigenvalue weighted by Crippen LogP contribution is -2.71. The van der Waals surface area contributed by atoms with Gasteiger partial charge in [-0.2, -0.15) is 0 Å². The maximum atomic E-state index is 14.3. The first-order valence-corrected chi connectivity index (χ1v) is 16.3. The second-order valence-electron chi connectivity index (χ2n) is 13.0. The predicted octanol–water partition coefficient (Wildman–Crippen LogP) is 6.18. The summed E-state index contributed by atoms with van der Waals surface area (Å²) in [5.74, 6) is -0.345. The smallest absolute Gasteiger partial charge is 0.408 e. The summed E-state index contributed by atoms with van der Waals surface area (Å²) in [5, 5.41) is 2.30. The highest BCUT2D eigenvalue weighted by atomic mass is 32.2. The number of carbonyl (C=O) groups is 3. The fourth-order valence-corrected chi connectivity index (χ4v) is 7.87. The minimum atomic E-state index is -0.789. The number of thioether (sulfide) groups is 1. The van der Waals surface area contributed by atoms with Gasteiger partial charge in [-0.05, 0) is 51.2 Å². The molecule has 3 heterocycles. The summed E-state index contributed by atoms with van der Waals surface area (Å²) in [6.07, 6.45) is 7.57. The van der Waals surface area contributed by atoms with Crippen molar-refractivity contribution < 1.29 is 28.3 Å². The van der Waals surface area contributed by atoms with Crippen LogP contribution in [0.4, 0.5) is 4.79 Å². The van der Waals surface area contributed by atoms with Gasteiger partial charge in [0.1, 0.15) is 41.2 Å². The molecule has 2 aromatic rings. The van der Waals surface area contributed by atoms with Crippen LogP contribution in [0.3, 0.4) is 0 Å². The second kappa shape index (κ2) is 11.9. The second-order valence-corrected chi connectivity index (χ2v) is 14.1. The van der Waals surface area contributed by atoms with Crippen molar-refractivity contribution in [2.45, 2.75) is 69.6 Å². The molecule has 0 bridgehead atoms. The predicted molar refractivity (Wildman–Crippen MR) is 170 cm³/mol. The molecule has 1 saturated heterocycles. The molecule has 8 nitrogen and oxygen atoms in total. The van der Waals surface area contributed by atoms with Crippen molar-refractivity contribution >= 4 is 29.7 Å². The van der Waals surface area contributed by atoms with E-state index in [2.05, 4.69) is 24.6 Å². The molecule has 0 spiro atoms. The van der Waals surface area contributed by atoms with E-state index in [1.807, 2.05) is 60.7 Å². The number of benzene rings is 2. The van der Waals surface area contributed by atoms with Crippen molar-refractivity contribution in [2.75, 3.05) is 19.3 Å². The number of amides is 2. The normalized spacial score (nSPS) is 24.6. The van der Waals surface area contributed by atoms with Gasteiger partial charge in [0.2, 0.25) is 0 Å². The number of ether oxygens (including phenoxy) is 2. The van der Waals surface area contributed by atoms with Gasteiger partial charge < -0.3 is 14.8 Å². The molecule has 1 aliphatic carbocycles. The summed E-state index contributed by atoms with van der Waals surface area (Å²) in [7, 11) is 2.18. The lowest BCUT2D eigenvalue weighted by Gasteiger charge is -2.50. The lowest BCUT2D eigenvalue weighted by molar-refractivity contribution is -0.814. The highest BCUT2D eigenvalue weighted by Crippen LogP contribution is 2.44. The number of nitrogens with one attached hydrogen (secondary N) is 1. The van der Waals surface area contributed by atoms with Crippen LogP contribution in [0.1, 0.15) is 63.7 Å². The number of hydrogen-bond donors (Lipinski definition) is 1. The van der Waals surface area contributed by atoms with Crippen molar-refractivity contribution in [3.63, 3.8) is 0 Å². The van der Waals surface area contributed by atoms with Gasteiger partial charge in [0.25, 0.3) is 5.91 Å². The number of rotatable bonds is 7. The number of allylic oxidation sites excluding steroid dienone is 3. The first-order valence-electron chi connectivity index (χ1n) is 15.3. The van der Waals surface area contributed by atoms with Crippen molar-refractivity contribution in [3.8, 4) is 0 Å². The summed E-state index contributed by atoms with van der Waals surface area (Å²) in [5.41, 5.74) is 4.91. The lowest BCUT2D eigenvalue weighted by atomic mass is 9.96. The SMILES string of the molecule is CC(C)(C)OC(=O)N[C@@H]1C(=O)N2C(C(=O)OC(c3ccccc3)c3ccccc3)=C(C[N+]3(C)C=CC4=C3CCCC4)CS[C@H]12. The molecule has 0 saturated carbocycles. The highest BCUT2D eigenvalue weighted by Gasteiger charge is 2.56. The van der Waals surface area contributed by atoms with Gasteiger partial charge >= 0.3 is 12.1 Å². The number of carbonyl (C=O) groups excluding carboxylic acids is 3. The van der Waals surface area contributed by atoms with E-state index in [1.54, 1.807) is 32.5 Å². The average Bonchev–Trinajstić information content (AvgIpc) is 3.34. The summed E-state index contributed by atoms with van der Waals surface area (Å²) in [6.45, 7) is 5.90. The molecule has 0 radical (unpaired) electrons. The highest BCUT2D eigenvalue weighted by molar-refractivity contribution is 8.00. The van der Waals surface area contributed by atoms with Crippen LogP contribution < -0.4 is 5.32 Å². The average molecular weight is 615 g/mol. The molecule has 1 unspecified atom stereocenters. The number of alkyl carbamates (subject to hydrolysis) is 1. The largest absolute Gasteiger partial charge is 0.448 e. The molecule has 9 heteroatoms. The third-order valence-electron chi connectivity index (χ3n) is 8.56. The van der Waals surface area contributed by atoms with E-state index in [9.17, 15) is 14.4 Å². The minimum Gasteiger partial charge on any atom is -0.448 e. The summed E-state index contributed by atoms with van der Waals surface area (Å²) in [6, 6.07) is 18.5. The zero-order valence-corrected chi connectivity index (χ0v) is 26.6. The maximum Gasteiger partial charge on any atom is 0.408 e. The maximum absolute atomic E-state index is 14.3. The zero-order valence-electron chi connectivity index (χ0n) is 25.7. The van der Waals surface area contributed by atoms with Gasteiger partial charge in [-0.3, -0.25) is 14.2 Å². The molecule has 1 fully saturated rings. The quantitative estimate of drug-likeness (QED) is 0.228. The number of nitrogens with zero attached hydrogens (tertiary/aromatic N) is 2. The number of likely N-dealkylation sites (N-methyl/N-ethyl adjacent to an activating group) is 1. The van der Waals surface area contributed by atoms with E-state index in [1.165, 1.54) is 22.6 Å². The van der Waals surface area contributed by atoms with Gasteiger partial charge in [0.15, 0.2) is 6.10 Å². The van der Waals surface area contributed by atoms with Crippen LogP contribution in [0.5, 0.6) is 0 Å². The molecule has 2 amide bonds. The number of hydrogen-bond acceptors (Lipinski definition) is 6. The Hall–Kier alpha value is -3.82. The van der Waals surface area contributed by atoms with E-state index in [0.717, 1.165) is 36.0 Å². The Labute approximate surface area is 263 Å². The van der Waals surface area contributed by atoms with Crippen molar-refractivity contribution in [1.82, 2.24) is 10.2 Å². The van der Waals surface area contributed by atoms with E-state index < -0.39 is 35.2 Å². The van der Waals surface area contributed by atoms with Crippen LogP contribution in [0, 0.1) is 0 Å². The number of esters is 1. The monoisotopic (exact) mass is 614 g/mol. The Morgan fingerprint density at radius 2 is 1.66 bits per heavy atom. The molecule has 2 aromatic carbocycles. The summed E-state index contributed by atoms with van der Waals surface area (Å²) >= 11 is 1.56. The fourth-order valence-electron chi connectivity index (χ4n) is 6.54. The van der Waals surface area contributed by atoms with Crippen molar-refractivity contribution in [1.29, 1.82) is 0 Å². The Bertz CT molecular complexity index is 1510. The number of β-lactam (4-membered cyclic amide) rings is 1. The Morgan fingerprint density at radius 3 is 2.30 bits per heavy atom. The minimum absolute atomic E-state index is 0.287. The molecule has 6 rings (SSSR count). The first-order chi connectivity index (χ1) is 21.0. The molecule has 3 aliphatic heterocycles. The summed E-state index contributed by atoms with van der Waals surface area (Å²) in [4.78, 5) is 42.2. The van der Waals surface area contributed by atoms with Gasteiger partial charge in [-0.1, -0.05) is 60.7 Å². The van der Waals surface area contributed by atoms with E-state index >= 15 is 0 Å². The standard InChI is InChI=1S/C35H39N3O5S/c1-35(2,3)43-34(41)36-28-31(39)37-29(33(40)42-30(24-14-7-5-8-15-24)25-16-9-6-10-17-25)26(22-44-32(28)37)21-38(4)20-19-23-13-11-12-18-27(23)38/h5-10,14-17,19-20,28,30,32H,11-13,18,21-22H2,1-4H3/p+1/t28-,32-,38?/m1/s1. The first kappa shape index (κ1) is 30.2. The topological polar surface area (TPSA) is 84.9 Å². The molecule has 44 heavy (non-hydrogen) atoms. The molecule has 1 N–H and O–H groups in total. The van der Waals surface area contributed by atoms with Gasteiger partial charge in [0.05, 0.1) is 7.05 Å². The summed E-state index contributed by atoms with van der Waals surface area (Å²) < 4.78 is 12.3. The molecular formula is C35H40N3O5S+. The van der Waals surface area contributed by atoms with Crippen molar-refractivity contribution in [3.05, 3.63) is 107 Å². The molecule has 3 atom stereocenters. The molecule has 4 aliphatic rings. The fraction of sp³-hybridized carbons (Fsp3) is 0.400. The third-order valence-corrected chi connectivity index (χ3v) is 9.90. The number of fused-ring (bicyclic) bond motifs is 1. The van der Waals surface area contributed by atoms with Gasteiger partial charge in [-0.25, -0.2) is 9.59 Å². The van der Waals surface area contributed by atoms with Gasteiger partial charge in [0, 0.05) is 29.4 Å². The molecule has 0 aromatic heterocycles. The Morgan fingerprint density at radius 1 is 1.02 bits per heavy atom. The van der Waals surface area contributed by atoms with E-state index in [-0.39, 0.29) is 11.6 Å². The van der Waals surface area contributed by atoms with Gasteiger partial charge in [-0.15, -0.1) is 11.8 Å². The van der Waals surface area contributed by atoms with Crippen LogP contribution >= 0.6 is 11.8 Å². The van der Waals surface area contributed by atoms with Crippen LogP contribution in [0.25, 0.3) is 0 Å². The Balaban J connectivity index is 1.34. The Kier molecular flexibility index (Phi) is 8.20. The zero-order chi connectivity index (χ0) is 31.1. The number of quaternary nitrogens is 1. The van der Waals surface area contributed by atoms with Crippen LogP contribution in [-0.4, -0.2) is 63.7 Å². The van der Waals surface area contributed by atoms with Crippen molar-refractivity contribution in [2.24, 2.45) is 0 Å². The van der Waals surface area contributed by atoms with Crippen LogP contribution in [-0.2, 0) is 19.1 Å². The van der Waals surface area contributed by atoms with E-state index in [4.69, 9.17) is 9.47 Å². The van der Waals surface area contributed by atoms with E-state index in [0.29, 0.717) is 16.8 Å². The van der Waals surface area contributed by atoms with Crippen LogP contribution in [0.2, 0.25) is 0 Å². The third kappa shape index (κ3) is 5.95.